The fraction of sp³-hybridized carbons (Fsp3) is 0.556. The van der Waals surface area contributed by atoms with Gasteiger partial charge in [-0.1, -0.05) is 20.8 Å². The first-order valence-electron chi connectivity index (χ1n) is 12.6. The van der Waals surface area contributed by atoms with Crippen LogP contribution >= 0.6 is 0 Å². The lowest BCUT2D eigenvalue weighted by molar-refractivity contribution is -0.124. The molecule has 0 radical (unpaired) electrons. The van der Waals surface area contributed by atoms with Crippen LogP contribution in [-0.4, -0.2) is 66.8 Å². The van der Waals surface area contributed by atoms with Crippen molar-refractivity contribution in [1.82, 2.24) is 15.1 Å². The minimum absolute atomic E-state index is 0.183. The lowest BCUT2D eigenvalue weighted by Gasteiger charge is -2.31. The lowest BCUT2D eigenvalue weighted by atomic mass is 9.92. The van der Waals surface area contributed by atoms with E-state index in [0.29, 0.717) is 49.3 Å². The maximum atomic E-state index is 12.6. The number of likely N-dealkylation sites (N-methyl/N-ethyl adjacent to an activating group) is 1. The first kappa shape index (κ1) is 27.2. The van der Waals surface area contributed by atoms with E-state index in [0.717, 1.165) is 37.0 Å². The number of nitrogens with zero attached hydrogens (tertiary/aromatic N) is 3. The SMILES string of the molecule is Cc1cc(OCCCC2CCN(C(=O)N=C(N)C(C)(C)C)CC2)ccc1C(=O)NC1=CCN(C)C1=O. The summed E-state index contributed by atoms with van der Waals surface area (Å²) < 4.78 is 5.91. The normalized spacial score (nSPS) is 17.3. The number of nitrogens with two attached hydrogens (primary N) is 1. The van der Waals surface area contributed by atoms with Gasteiger partial charge in [-0.3, -0.25) is 9.59 Å². The van der Waals surface area contributed by atoms with E-state index in [-0.39, 0.29) is 23.3 Å². The number of amidine groups is 1. The number of urea groups is 1. The zero-order valence-electron chi connectivity index (χ0n) is 22.1. The fourth-order valence-electron chi connectivity index (χ4n) is 4.20. The van der Waals surface area contributed by atoms with Crippen molar-refractivity contribution in [3.63, 3.8) is 0 Å². The van der Waals surface area contributed by atoms with Crippen LogP contribution in [0.4, 0.5) is 4.79 Å². The molecule has 36 heavy (non-hydrogen) atoms. The largest absolute Gasteiger partial charge is 0.494 e. The van der Waals surface area contributed by atoms with E-state index in [9.17, 15) is 14.4 Å². The van der Waals surface area contributed by atoms with Crippen LogP contribution in [0, 0.1) is 18.3 Å². The molecule has 0 saturated carbocycles. The number of amides is 4. The van der Waals surface area contributed by atoms with Gasteiger partial charge in [0.05, 0.1) is 6.61 Å². The number of benzene rings is 1. The summed E-state index contributed by atoms with van der Waals surface area (Å²) in [4.78, 5) is 44.3. The van der Waals surface area contributed by atoms with Crippen LogP contribution in [0.2, 0.25) is 0 Å². The number of carbonyl (C=O) groups excluding carboxylic acids is 3. The summed E-state index contributed by atoms with van der Waals surface area (Å²) in [7, 11) is 1.69. The van der Waals surface area contributed by atoms with Crippen molar-refractivity contribution in [3.8, 4) is 5.75 Å². The van der Waals surface area contributed by atoms with Crippen molar-refractivity contribution in [3.05, 3.63) is 41.1 Å². The molecule has 4 amide bonds. The minimum Gasteiger partial charge on any atom is -0.494 e. The summed E-state index contributed by atoms with van der Waals surface area (Å²) in [5.74, 6) is 1.16. The molecule has 9 nitrogen and oxygen atoms in total. The quantitative estimate of drug-likeness (QED) is 0.340. The summed E-state index contributed by atoms with van der Waals surface area (Å²) >= 11 is 0. The first-order valence-corrected chi connectivity index (χ1v) is 12.6. The molecule has 0 atom stereocenters. The summed E-state index contributed by atoms with van der Waals surface area (Å²) in [6.45, 7) is 10.2. The van der Waals surface area contributed by atoms with E-state index >= 15 is 0 Å². The maximum Gasteiger partial charge on any atom is 0.345 e. The molecule has 3 rings (SSSR count). The van der Waals surface area contributed by atoms with E-state index in [1.165, 1.54) is 0 Å². The number of ether oxygens (including phenoxy) is 1. The molecule has 2 heterocycles. The van der Waals surface area contributed by atoms with Crippen LogP contribution in [0.5, 0.6) is 5.75 Å². The highest BCUT2D eigenvalue weighted by atomic mass is 16.5. The molecule has 0 unspecified atom stereocenters. The smallest absolute Gasteiger partial charge is 0.345 e. The summed E-state index contributed by atoms with van der Waals surface area (Å²) in [6, 6.07) is 5.12. The molecule has 0 aliphatic carbocycles. The third kappa shape index (κ3) is 7.08. The highest BCUT2D eigenvalue weighted by molar-refractivity contribution is 6.04. The lowest BCUT2D eigenvalue weighted by Crippen LogP contribution is -2.39. The molecule has 196 valence electrons. The average Bonchev–Trinajstić information content (AvgIpc) is 3.13. The first-order chi connectivity index (χ1) is 17.0. The Morgan fingerprint density at radius 2 is 1.92 bits per heavy atom. The second-order valence-electron chi connectivity index (χ2n) is 10.7. The molecular formula is C27H39N5O4. The number of rotatable bonds is 7. The fourth-order valence-corrected chi connectivity index (χ4v) is 4.20. The molecule has 0 aromatic heterocycles. The molecule has 3 N–H and O–H groups in total. The van der Waals surface area contributed by atoms with Crippen molar-refractivity contribution in [1.29, 1.82) is 0 Å². The molecule has 0 bridgehead atoms. The molecule has 1 aromatic rings. The monoisotopic (exact) mass is 497 g/mol. The van der Waals surface area contributed by atoms with E-state index in [1.54, 1.807) is 35.1 Å². The molecule has 1 aromatic carbocycles. The van der Waals surface area contributed by atoms with Crippen LogP contribution in [0.3, 0.4) is 0 Å². The number of likely N-dealkylation sites (tertiary alicyclic amines) is 1. The number of hydrogen-bond donors (Lipinski definition) is 2. The zero-order valence-corrected chi connectivity index (χ0v) is 22.1. The van der Waals surface area contributed by atoms with Gasteiger partial charge in [-0.25, -0.2) is 4.79 Å². The van der Waals surface area contributed by atoms with Gasteiger partial charge in [-0.15, -0.1) is 0 Å². The zero-order chi connectivity index (χ0) is 26.5. The van der Waals surface area contributed by atoms with Crippen molar-refractivity contribution >= 4 is 23.7 Å². The molecule has 1 fully saturated rings. The molecule has 1 saturated heterocycles. The summed E-state index contributed by atoms with van der Waals surface area (Å²) in [5, 5.41) is 2.70. The van der Waals surface area contributed by atoms with Gasteiger partial charge in [0.1, 0.15) is 17.3 Å². The van der Waals surface area contributed by atoms with Gasteiger partial charge < -0.3 is 25.6 Å². The van der Waals surface area contributed by atoms with Gasteiger partial charge in [0.25, 0.3) is 11.8 Å². The van der Waals surface area contributed by atoms with Gasteiger partial charge in [-0.05, 0) is 68.4 Å². The van der Waals surface area contributed by atoms with Crippen molar-refractivity contribution in [2.45, 2.75) is 53.4 Å². The molecular weight excluding hydrogens is 458 g/mol. The average molecular weight is 498 g/mol. The van der Waals surface area contributed by atoms with Crippen LogP contribution in [0.25, 0.3) is 0 Å². The second kappa shape index (κ2) is 11.6. The van der Waals surface area contributed by atoms with Crippen molar-refractivity contribution < 1.29 is 19.1 Å². The molecule has 0 spiro atoms. The third-order valence-corrected chi connectivity index (χ3v) is 6.73. The van der Waals surface area contributed by atoms with Gasteiger partial charge in [0.15, 0.2) is 0 Å². The van der Waals surface area contributed by atoms with Crippen LogP contribution in [0.15, 0.2) is 35.0 Å². The number of carbonyl (C=O) groups is 3. The highest BCUT2D eigenvalue weighted by Gasteiger charge is 2.25. The maximum absolute atomic E-state index is 12.6. The van der Waals surface area contributed by atoms with Crippen molar-refractivity contribution in [2.75, 3.05) is 33.3 Å². The third-order valence-electron chi connectivity index (χ3n) is 6.73. The Balaban J connectivity index is 1.39. The number of hydrogen-bond acceptors (Lipinski definition) is 4. The predicted octanol–water partition coefficient (Wildman–Crippen LogP) is 3.48. The van der Waals surface area contributed by atoms with Crippen LogP contribution < -0.4 is 15.8 Å². The Kier molecular flexibility index (Phi) is 8.76. The van der Waals surface area contributed by atoms with Gasteiger partial charge in [-0.2, -0.15) is 4.99 Å². The van der Waals surface area contributed by atoms with Gasteiger partial charge in [0, 0.05) is 37.7 Å². The number of nitrogens with one attached hydrogen (secondary N) is 1. The van der Waals surface area contributed by atoms with Gasteiger partial charge >= 0.3 is 6.03 Å². The van der Waals surface area contributed by atoms with E-state index in [2.05, 4.69) is 10.3 Å². The van der Waals surface area contributed by atoms with Crippen LogP contribution in [-0.2, 0) is 4.79 Å². The number of aryl methyl sites for hydroxylation is 1. The Morgan fingerprint density at radius 1 is 1.22 bits per heavy atom. The van der Waals surface area contributed by atoms with E-state index in [4.69, 9.17) is 10.5 Å². The minimum atomic E-state index is -0.315. The second-order valence-corrected chi connectivity index (χ2v) is 10.7. The molecule has 9 heteroatoms. The predicted molar refractivity (Wildman–Crippen MR) is 140 cm³/mol. The highest BCUT2D eigenvalue weighted by Crippen LogP contribution is 2.24. The Labute approximate surface area is 213 Å². The Hall–Kier alpha value is -3.36. The van der Waals surface area contributed by atoms with E-state index in [1.807, 2.05) is 33.8 Å². The number of aliphatic imine (C=N–C) groups is 1. The topological polar surface area (TPSA) is 117 Å². The standard InChI is InChI=1S/C27H39N5O4/c1-18-17-20(8-9-21(18)23(33)29-22-12-13-31(5)24(22)34)36-16-6-7-19-10-14-32(15-11-19)26(35)30-25(28)27(2,3)4/h8-9,12,17,19H,6-7,10-11,13-16H2,1-5H3,(H,29,33)(H2,28,30,35). The summed E-state index contributed by atoms with van der Waals surface area (Å²) in [6.07, 6.45) is 5.57. The number of piperidine rings is 1. The van der Waals surface area contributed by atoms with E-state index < -0.39 is 0 Å². The molecule has 2 aliphatic heterocycles. The Bertz CT molecular complexity index is 1050. The summed E-state index contributed by atoms with van der Waals surface area (Å²) in [5.41, 5.74) is 7.25. The van der Waals surface area contributed by atoms with Crippen molar-refractivity contribution in [2.24, 2.45) is 22.1 Å². The Morgan fingerprint density at radius 3 is 2.50 bits per heavy atom. The van der Waals surface area contributed by atoms with Gasteiger partial charge in [0.2, 0.25) is 0 Å². The van der Waals surface area contributed by atoms with Crippen LogP contribution in [0.1, 0.15) is 62.4 Å². The molecule has 2 aliphatic rings.